The van der Waals surface area contributed by atoms with Crippen LogP contribution in [0.3, 0.4) is 0 Å². The van der Waals surface area contributed by atoms with E-state index in [1.54, 1.807) is 17.5 Å². The van der Waals surface area contributed by atoms with Crippen molar-refractivity contribution in [2.45, 2.75) is 25.3 Å². The second-order valence-electron chi connectivity index (χ2n) is 9.19. The van der Waals surface area contributed by atoms with Crippen LogP contribution in [-0.2, 0) is 4.79 Å². The van der Waals surface area contributed by atoms with Crippen molar-refractivity contribution in [3.8, 4) is 11.3 Å². The summed E-state index contributed by atoms with van der Waals surface area (Å²) in [5.41, 5.74) is 1.04. The number of fused-ring (bicyclic) bond motifs is 1. The number of benzene rings is 1. The highest BCUT2D eigenvalue weighted by atomic mass is 19.1. The second kappa shape index (κ2) is 7.66. The van der Waals surface area contributed by atoms with Gasteiger partial charge in [0.25, 0.3) is 0 Å². The van der Waals surface area contributed by atoms with Gasteiger partial charge in [0.1, 0.15) is 23.2 Å². The normalized spacial score (nSPS) is 22.4. The molecule has 0 N–H and O–H groups in total. The largest absolute Gasteiger partial charge is 0.464 e. The lowest BCUT2D eigenvalue weighted by molar-refractivity contribution is -0.143. The first-order valence-corrected chi connectivity index (χ1v) is 11.3. The van der Waals surface area contributed by atoms with Gasteiger partial charge in [-0.25, -0.2) is 18.8 Å². The lowest BCUT2D eigenvalue weighted by Gasteiger charge is -2.38. The van der Waals surface area contributed by atoms with Crippen molar-refractivity contribution in [2.75, 3.05) is 31.1 Å². The molecule has 1 amide bonds. The minimum absolute atomic E-state index is 0.0756. The number of carbonyl (C=O) groups is 1. The number of carbonyl (C=O) groups excluding carboxylic acids is 1. The van der Waals surface area contributed by atoms with Gasteiger partial charge >= 0.3 is 0 Å². The van der Waals surface area contributed by atoms with Gasteiger partial charge in [0.05, 0.1) is 17.7 Å². The smallest absolute Gasteiger partial charge is 0.245 e. The third-order valence-electron chi connectivity index (χ3n) is 7.27. The molecule has 3 aliphatic heterocycles. The SMILES string of the molecule is O=C1N2[C@H](c3cc(F)cc(F)c3)CCN2CC12CCN(c1cc(-c3ccco3)ccn1)CC2. The summed E-state index contributed by atoms with van der Waals surface area (Å²) < 4.78 is 33.1. The Morgan fingerprint density at radius 1 is 1.03 bits per heavy atom. The van der Waals surface area contributed by atoms with Crippen LogP contribution in [0.2, 0.25) is 0 Å². The van der Waals surface area contributed by atoms with E-state index in [1.807, 2.05) is 24.3 Å². The maximum atomic E-state index is 13.8. The van der Waals surface area contributed by atoms with Gasteiger partial charge in [0, 0.05) is 44.0 Å². The Balaban J connectivity index is 1.19. The van der Waals surface area contributed by atoms with Crippen LogP contribution in [-0.4, -0.2) is 47.1 Å². The highest BCUT2D eigenvalue weighted by Gasteiger charge is 2.56. The summed E-state index contributed by atoms with van der Waals surface area (Å²) in [6.45, 7) is 2.82. The minimum Gasteiger partial charge on any atom is -0.464 e. The fourth-order valence-corrected chi connectivity index (χ4v) is 5.58. The van der Waals surface area contributed by atoms with Crippen LogP contribution in [0, 0.1) is 17.0 Å². The molecule has 6 nitrogen and oxygen atoms in total. The maximum absolute atomic E-state index is 13.8. The van der Waals surface area contributed by atoms with E-state index in [0.29, 0.717) is 25.1 Å². The predicted molar refractivity (Wildman–Crippen MR) is 118 cm³/mol. The van der Waals surface area contributed by atoms with E-state index in [0.717, 1.165) is 49.1 Å². The highest BCUT2D eigenvalue weighted by molar-refractivity contribution is 5.85. The predicted octanol–water partition coefficient (Wildman–Crippen LogP) is 4.41. The fraction of sp³-hybridized carbons (Fsp3) is 0.360. The van der Waals surface area contributed by atoms with E-state index < -0.39 is 17.0 Å². The number of nitrogens with zero attached hydrogens (tertiary/aromatic N) is 4. The Bertz CT molecular complexity index is 1170. The van der Waals surface area contributed by atoms with Gasteiger partial charge in [-0.15, -0.1) is 0 Å². The van der Waals surface area contributed by atoms with Gasteiger partial charge in [0.2, 0.25) is 5.91 Å². The molecule has 3 fully saturated rings. The van der Waals surface area contributed by atoms with Crippen LogP contribution in [0.5, 0.6) is 0 Å². The number of pyridine rings is 1. The first-order chi connectivity index (χ1) is 16.0. The van der Waals surface area contributed by atoms with Crippen molar-refractivity contribution in [3.63, 3.8) is 0 Å². The molecule has 1 atom stereocenters. The van der Waals surface area contributed by atoms with Crippen molar-refractivity contribution in [2.24, 2.45) is 5.41 Å². The number of halogens is 2. The molecule has 3 saturated heterocycles. The van der Waals surface area contributed by atoms with Gasteiger partial charge < -0.3 is 9.32 Å². The molecule has 3 aliphatic rings. The van der Waals surface area contributed by atoms with Gasteiger partial charge in [-0.3, -0.25) is 9.80 Å². The van der Waals surface area contributed by atoms with Gasteiger partial charge in [-0.1, -0.05) is 0 Å². The fourth-order valence-electron chi connectivity index (χ4n) is 5.58. The van der Waals surface area contributed by atoms with Crippen LogP contribution < -0.4 is 4.90 Å². The lowest BCUT2D eigenvalue weighted by atomic mass is 9.77. The molecular formula is C25H24F2N4O2. The van der Waals surface area contributed by atoms with E-state index in [2.05, 4.69) is 14.9 Å². The lowest BCUT2D eigenvalue weighted by Crippen LogP contribution is -2.46. The summed E-state index contributed by atoms with van der Waals surface area (Å²) in [5, 5.41) is 3.83. The average Bonchev–Trinajstić information content (AvgIpc) is 3.53. The number of anilines is 1. The number of hydrogen-bond donors (Lipinski definition) is 0. The zero-order valence-corrected chi connectivity index (χ0v) is 18.1. The Hall–Kier alpha value is -3.26. The van der Waals surface area contributed by atoms with E-state index >= 15 is 0 Å². The minimum atomic E-state index is -0.609. The van der Waals surface area contributed by atoms with Crippen LogP contribution in [0.25, 0.3) is 11.3 Å². The van der Waals surface area contributed by atoms with Crippen molar-refractivity contribution in [1.29, 1.82) is 0 Å². The molecule has 0 unspecified atom stereocenters. The number of piperidine rings is 1. The molecule has 1 spiro atoms. The van der Waals surface area contributed by atoms with E-state index in [-0.39, 0.29) is 11.9 Å². The number of hydrogen-bond acceptors (Lipinski definition) is 5. The van der Waals surface area contributed by atoms with Crippen LogP contribution in [0.4, 0.5) is 14.6 Å². The zero-order valence-electron chi connectivity index (χ0n) is 18.1. The topological polar surface area (TPSA) is 52.8 Å². The molecule has 5 heterocycles. The Morgan fingerprint density at radius 3 is 2.55 bits per heavy atom. The summed E-state index contributed by atoms with van der Waals surface area (Å²) in [7, 11) is 0. The maximum Gasteiger partial charge on any atom is 0.245 e. The van der Waals surface area contributed by atoms with Crippen LogP contribution in [0.15, 0.2) is 59.3 Å². The molecule has 0 saturated carbocycles. The third-order valence-corrected chi connectivity index (χ3v) is 7.27. The number of rotatable bonds is 3. The first-order valence-electron chi connectivity index (χ1n) is 11.3. The molecule has 3 aromatic rings. The molecule has 0 radical (unpaired) electrons. The summed E-state index contributed by atoms with van der Waals surface area (Å²) in [6.07, 6.45) is 5.55. The highest BCUT2D eigenvalue weighted by Crippen LogP contribution is 2.47. The first kappa shape index (κ1) is 20.4. The van der Waals surface area contributed by atoms with Crippen molar-refractivity contribution >= 4 is 11.7 Å². The summed E-state index contributed by atoms with van der Waals surface area (Å²) in [6, 6.07) is 11.0. The zero-order chi connectivity index (χ0) is 22.6. The Labute approximate surface area is 190 Å². The number of hydrazine groups is 1. The van der Waals surface area contributed by atoms with Crippen molar-refractivity contribution < 1.29 is 18.0 Å². The Kier molecular flexibility index (Phi) is 4.72. The molecule has 2 aromatic heterocycles. The van der Waals surface area contributed by atoms with E-state index in [9.17, 15) is 13.6 Å². The number of aromatic nitrogens is 1. The van der Waals surface area contributed by atoms with E-state index in [4.69, 9.17) is 4.42 Å². The molecule has 8 heteroatoms. The monoisotopic (exact) mass is 450 g/mol. The molecular weight excluding hydrogens is 426 g/mol. The molecule has 33 heavy (non-hydrogen) atoms. The van der Waals surface area contributed by atoms with Crippen LogP contribution in [0.1, 0.15) is 30.9 Å². The average molecular weight is 450 g/mol. The second-order valence-corrected chi connectivity index (χ2v) is 9.19. The summed E-state index contributed by atoms with van der Waals surface area (Å²) in [5.74, 6) is 0.529. The van der Waals surface area contributed by atoms with Crippen molar-refractivity contribution in [3.05, 3.63) is 72.1 Å². The summed E-state index contributed by atoms with van der Waals surface area (Å²) >= 11 is 0. The van der Waals surface area contributed by atoms with Gasteiger partial charge in [0.15, 0.2) is 0 Å². The quantitative estimate of drug-likeness (QED) is 0.592. The standard InChI is InChI=1S/C25H24F2N4O2/c26-19-12-18(13-20(27)15-19)21-4-8-30-16-25(24(32)31(21)30)5-9-29(10-6-25)23-14-17(3-7-28-23)22-2-1-11-33-22/h1-3,7,11-15,21H,4-6,8-10,16H2/t21-/m0/s1. The van der Waals surface area contributed by atoms with E-state index in [1.165, 1.54) is 12.1 Å². The van der Waals surface area contributed by atoms with Gasteiger partial charge in [-0.2, -0.15) is 0 Å². The molecule has 0 bridgehead atoms. The number of furan rings is 1. The molecule has 6 rings (SSSR count). The van der Waals surface area contributed by atoms with Crippen LogP contribution >= 0.6 is 0 Å². The molecule has 170 valence electrons. The third kappa shape index (κ3) is 3.40. The Morgan fingerprint density at radius 2 is 1.82 bits per heavy atom. The number of amides is 1. The van der Waals surface area contributed by atoms with Gasteiger partial charge in [-0.05, 0) is 61.2 Å². The summed E-state index contributed by atoms with van der Waals surface area (Å²) in [4.78, 5) is 20.4. The molecule has 0 aliphatic carbocycles. The molecule has 1 aromatic carbocycles. The van der Waals surface area contributed by atoms with Crippen molar-refractivity contribution in [1.82, 2.24) is 15.0 Å².